The molecular weight excluding hydrogens is 576 g/mol. The second kappa shape index (κ2) is 12.7. The molecule has 1 aromatic heterocycles. The van der Waals surface area contributed by atoms with Crippen LogP contribution in [0.3, 0.4) is 0 Å². The first-order chi connectivity index (χ1) is 20.1. The van der Waals surface area contributed by atoms with Crippen LogP contribution >= 0.6 is 11.6 Å². The highest BCUT2D eigenvalue weighted by molar-refractivity contribution is 7.89. The molecule has 1 amide bonds. The predicted molar refractivity (Wildman–Crippen MR) is 163 cm³/mol. The number of benzene rings is 3. The molecule has 0 saturated carbocycles. The van der Waals surface area contributed by atoms with Gasteiger partial charge in [-0.3, -0.25) is 14.7 Å². The first kappa shape index (κ1) is 29.8. The van der Waals surface area contributed by atoms with Gasteiger partial charge in [-0.2, -0.15) is 4.31 Å². The summed E-state index contributed by atoms with van der Waals surface area (Å²) in [6.45, 7) is 4.25. The maximum Gasteiger partial charge on any atom is 0.243 e. The van der Waals surface area contributed by atoms with Crippen LogP contribution in [-0.4, -0.2) is 61.1 Å². The Hall–Kier alpha value is -3.70. The SMILES string of the molecule is COc1ccc(-c2cn(-c3ccc(C)c(C)c3)c(NC(=O)CN(CC3CCCO3)S(=O)(=O)c3ccc(Cl)cc3)n2)cc1. The molecule has 4 aromatic rings. The molecule has 1 aliphatic rings. The molecule has 2 heterocycles. The molecule has 0 radical (unpaired) electrons. The number of carbonyl (C=O) groups is 1. The molecule has 11 heteroatoms. The number of methoxy groups -OCH3 is 1. The maximum atomic E-state index is 13.6. The van der Waals surface area contributed by atoms with Crippen molar-refractivity contribution in [1.29, 1.82) is 0 Å². The van der Waals surface area contributed by atoms with E-state index in [0.717, 1.165) is 39.5 Å². The lowest BCUT2D eigenvalue weighted by molar-refractivity contribution is -0.116. The van der Waals surface area contributed by atoms with Gasteiger partial charge in [-0.05, 0) is 98.5 Å². The monoisotopic (exact) mass is 608 g/mol. The highest BCUT2D eigenvalue weighted by atomic mass is 35.5. The fourth-order valence-corrected chi connectivity index (χ4v) is 6.34. The molecule has 1 unspecified atom stereocenters. The van der Waals surface area contributed by atoms with Gasteiger partial charge in [0.25, 0.3) is 0 Å². The van der Waals surface area contributed by atoms with Gasteiger partial charge in [-0.15, -0.1) is 0 Å². The Morgan fingerprint density at radius 1 is 1.10 bits per heavy atom. The van der Waals surface area contributed by atoms with Gasteiger partial charge in [-0.1, -0.05) is 17.7 Å². The van der Waals surface area contributed by atoms with Gasteiger partial charge in [0, 0.05) is 35.6 Å². The number of hydrogen-bond acceptors (Lipinski definition) is 6. The highest BCUT2D eigenvalue weighted by Gasteiger charge is 2.31. The van der Waals surface area contributed by atoms with E-state index in [0.29, 0.717) is 23.1 Å². The Morgan fingerprint density at radius 3 is 2.48 bits per heavy atom. The van der Waals surface area contributed by atoms with Gasteiger partial charge in [0.2, 0.25) is 21.9 Å². The van der Waals surface area contributed by atoms with Crippen molar-refractivity contribution in [2.45, 2.75) is 37.7 Å². The van der Waals surface area contributed by atoms with Gasteiger partial charge in [0.05, 0.1) is 30.3 Å². The Bertz CT molecular complexity index is 1660. The van der Waals surface area contributed by atoms with Gasteiger partial charge < -0.3 is 9.47 Å². The van der Waals surface area contributed by atoms with Gasteiger partial charge >= 0.3 is 0 Å². The summed E-state index contributed by atoms with van der Waals surface area (Å²) in [5.41, 5.74) is 4.50. The lowest BCUT2D eigenvalue weighted by Crippen LogP contribution is -2.42. The number of halogens is 1. The molecule has 1 saturated heterocycles. The molecule has 5 rings (SSSR count). The van der Waals surface area contributed by atoms with Crippen molar-refractivity contribution in [3.05, 3.63) is 89.1 Å². The lowest BCUT2D eigenvalue weighted by atomic mass is 10.1. The van der Waals surface area contributed by atoms with E-state index in [1.54, 1.807) is 11.7 Å². The summed E-state index contributed by atoms with van der Waals surface area (Å²) in [5.74, 6) is 0.464. The second-order valence-corrected chi connectivity index (χ2v) is 12.6. The summed E-state index contributed by atoms with van der Waals surface area (Å²) < 4.78 is 41.2. The van der Waals surface area contributed by atoms with Crippen LogP contribution < -0.4 is 10.1 Å². The normalized spacial score (nSPS) is 15.2. The minimum absolute atomic E-state index is 0.0520. The third-order valence-electron chi connectivity index (χ3n) is 7.31. The van der Waals surface area contributed by atoms with Crippen molar-refractivity contribution in [2.75, 3.05) is 32.1 Å². The number of carbonyl (C=O) groups excluding carboxylic acids is 1. The number of sulfonamides is 1. The molecular formula is C31H33ClN4O5S. The Labute approximate surface area is 251 Å². The summed E-state index contributed by atoms with van der Waals surface area (Å²) in [5, 5.41) is 3.28. The zero-order valence-electron chi connectivity index (χ0n) is 23.7. The molecule has 42 heavy (non-hydrogen) atoms. The van der Waals surface area contributed by atoms with Gasteiger partial charge in [-0.25, -0.2) is 13.4 Å². The zero-order valence-corrected chi connectivity index (χ0v) is 25.3. The molecule has 1 fully saturated rings. The average molecular weight is 609 g/mol. The van der Waals surface area contributed by atoms with Crippen LogP contribution in [0.25, 0.3) is 16.9 Å². The number of imidazole rings is 1. The third kappa shape index (κ3) is 6.68. The van der Waals surface area contributed by atoms with Crippen molar-refractivity contribution in [1.82, 2.24) is 13.9 Å². The van der Waals surface area contributed by atoms with Crippen LogP contribution in [0.4, 0.5) is 5.95 Å². The van der Waals surface area contributed by atoms with E-state index in [1.807, 2.05) is 62.5 Å². The molecule has 1 N–H and O–H groups in total. The number of aromatic nitrogens is 2. The molecule has 220 valence electrons. The number of nitrogens with zero attached hydrogens (tertiary/aromatic N) is 3. The van der Waals surface area contributed by atoms with Crippen LogP contribution in [-0.2, 0) is 19.6 Å². The number of ether oxygens (including phenoxy) is 2. The summed E-state index contributed by atoms with van der Waals surface area (Å²) in [6, 6.07) is 19.3. The minimum Gasteiger partial charge on any atom is -0.497 e. The number of hydrogen-bond donors (Lipinski definition) is 1. The molecule has 0 aliphatic carbocycles. The van der Waals surface area contributed by atoms with Gasteiger partial charge in [0.15, 0.2) is 0 Å². The van der Waals surface area contributed by atoms with Crippen LogP contribution in [0.5, 0.6) is 5.75 Å². The van der Waals surface area contributed by atoms with E-state index in [2.05, 4.69) is 5.32 Å². The van der Waals surface area contributed by atoms with Gasteiger partial charge in [0.1, 0.15) is 5.75 Å². The summed E-state index contributed by atoms with van der Waals surface area (Å²) in [6.07, 6.45) is 3.11. The van der Waals surface area contributed by atoms with Crippen molar-refractivity contribution >= 4 is 33.5 Å². The smallest absolute Gasteiger partial charge is 0.243 e. The van der Waals surface area contributed by atoms with E-state index in [-0.39, 0.29) is 23.5 Å². The number of amides is 1. The first-order valence-electron chi connectivity index (χ1n) is 13.6. The van der Waals surface area contributed by atoms with Crippen molar-refractivity contribution in [3.8, 4) is 22.7 Å². The van der Waals surface area contributed by atoms with E-state index < -0.39 is 22.5 Å². The number of aryl methyl sites for hydroxylation is 2. The molecule has 9 nitrogen and oxygen atoms in total. The van der Waals surface area contributed by atoms with E-state index in [4.69, 9.17) is 26.1 Å². The largest absolute Gasteiger partial charge is 0.497 e. The van der Waals surface area contributed by atoms with E-state index in [9.17, 15) is 13.2 Å². The topological polar surface area (TPSA) is 103 Å². The van der Waals surface area contributed by atoms with E-state index >= 15 is 0 Å². The Balaban J connectivity index is 1.46. The molecule has 0 spiro atoms. The molecule has 3 aromatic carbocycles. The molecule has 1 atom stereocenters. The van der Waals surface area contributed by atoms with Crippen LogP contribution in [0.1, 0.15) is 24.0 Å². The lowest BCUT2D eigenvalue weighted by Gasteiger charge is -2.24. The second-order valence-electron chi connectivity index (χ2n) is 10.3. The van der Waals surface area contributed by atoms with Crippen molar-refractivity contribution < 1.29 is 22.7 Å². The van der Waals surface area contributed by atoms with Crippen LogP contribution in [0.15, 0.2) is 77.8 Å². The first-order valence-corrected chi connectivity index (χ1v) is 15.4. The quantitative estimate of drug-likeness (QED) is 0.250. The summed E-state index contributed by atoms with van der Waals surface area (Å²) in [7, 11) is -2.41. The number of anilines is 1. The maximum absolute atomic E-state index is 13.6. The Morgan fingerprint density at radius 2 is 1.83 bits per heavy atom. The molecule has 1 aliphatic heterocycles. The molecule has 0 bridgehead atoms. The minimum atomic E-state index is -4.01. The summed E-state index contributed by atoms with van der Waals surface area (Å²) >= 11 is 5.99. The predicted octanol–water partition coefficient (Wildman–Crippen LogP) is 5.63. The Kier molecular flexibility index (Phi) is 8.98. The van der Waals surface area contributed by atoms with Crippen molar-refractivity contribution in [2.24, 2.45) is 0 Å². The van der Waals surface area contributed by atoms with Crippen molar-refractivity contribution in [3.63, 3.8) is 0 Å². The fraction of sp³-hybridized carbons (Fsp3) is 0.290. The zero-order chi connectivity index (χ0) is 29.9. The highest BCUT2D eigenvalue weighted by Crippen LogP contribution is 2.27. The number of nitrogens with one attached hydrogen (secondary N) is 1. The van der Waals surface area contributed by atoms with E-state index in [1.165, 1.54) is 24.3 Å². The van der Waals surface area contributed by atoms with Crippen LogP contribution in [0.2, 0.25) is 5.02 Å². The fourth-order valence-electron chi connectivity index (χ4n) is 4.78. The average Bonchev–Trinajstić information content (AvgIpc) is 3.65. The third-order valence-corrected chi connectivity index (χ3v) is 9.39. The van der Waals surface area contributed by atoms with Crippen LogP contribution in [0, 0.1) is 13.8 Å². The standard InChI is InChI=1S/C31H33ClN4O5S/c1-21-6-11-25(17-22(21)2)36-19-29(23-7-12-26(40-3)13-8-23)33-31(36)34-30(37)20-35(18-27-5-4-16-41-27)42(38,39)28-14-9-24(32)10-15-28/h6-15,17,19,27H,4-5,16,18,20H2,1-3H3,(H,33,34,37). The number of rotatable bonds is 10. The summed E-state index contributed by atoms with van der Waals surface area (Å²) in [4.78, 5) is 18.3.